The fourth-order valence-electron chi connectivity index (χ4n) is 2.00. The second-order valence-electron chi connectivity index (χ2n) is 4.45. The van der Waals surface area contributed by atoms with Crippen LogP contribution in [0.15, 0.2) is 24.3 Å². The van der Waals surface area contributed by atoms with Crippen molar-refractivity contribution in [2.24, 2.45) is 0 Å². The molecule has 1 aromatic rings. The van der Waals surface area contributed by atoms with E-state index in [1.807, 2.05) is 0 Å². The molecule has 2 rings (SSSR count). The quantitative estimate of drug-likeness (QED) is 0.365. The molecule has 2 atom stereocenters. The zero-order valence-corrected chi connectivity index (χ0v) is 9.98. The number of hydrogen-bond donors (Lipinski definition) is 2. The molecule has 7 heteroatoms. The SMILES string of the molecule is O=C(OC1(O)CCCC1O)c1ccc([N+](=O)[O-])cc1. The summed E-state index contributed by atoms with van der Waals surface area (Å²) in [4.78, 5) is 21.7. The van der Waals surface area contributed by atoms with E-state index in [9.17, 15) is 25.1 Å². The van der Waals surface area contributed by atoms with E-state index in [-0.39, 0.29) is 17.7 Å². The van der Waals surface area contributed by atoms with Crippen molar-refractivity contribution in [2.45, 2.75) is 31.2 Å². The van der Waals surface area contributed by atoms with E-state index in [2.05, 4.69) is 0 Å². The average molecular weight is 267 g/mol. The molecule has 0 aliphatic heterocycles. The van der Waals surface area contributed by atoms with Crippen molar-refractivity contribution in [3.8, 4) is 0 Å². The maximum absolute atomic E-state index is 11.8. The van der Waals surface area contributed by atoms with Gasteiger partial charge in [-0.1, -0.05) is 0 Å². The second-order valence-corrected chi connectivity index (χ2v) is 4.45. The first kappa shape index (κ1) is 13.4. The van der Waals surface area contributed by atoms with E-state index in [4.69, 9.17) is 4.74 Å². The van der Waals surface area contributed by atoms with Gasteiger partial charge < -0.3 is 14.9 Å². The van der Waals surface area contributed by atoms with Crippen molar-refractivity contribution in [3.63, 3.8) is 0 Å². The predicted octanol–water partition coefficient (Wildman–Crippen LogP) is 0.985. The van der Waals surface area contributed by atoms with Gasteiger partial charge in [-0.25, -0.2) is 4.79 Å². The number of aliphatic hydroxyl groups excluding tert-OH is 1. The number of nitro benzene ring substituents is 1. The molecule has 1 aliphatic rings. The first-order valence-electron chi connectivity index (χ1n) is 5.80. The van der Waals surface area contributed by atoms with Gasteiger partial charge in [-0.3, -0.25) is 10.1 Å². The van der Waals surface area contributed by atoms with E-state index < -0.39 is 22.8 Å². The number of benzene rings is 1. The van der Waals surface area contributed by atoms with Crippen LogP contribution in [0.2, 0.25) is 0 Å². The maximum atomic E-state index is 11.8. The number of nitrogens with zero attached hydrogens (tertiary/aromatic N) is 1. The molecule has 1 aromatic carbocycles. The third-order valence-corrected chi connectivity index (χ3v) is 3.12. The van der Waals surface area contributed by atoms with Gasteiger partial charge in [0.15, 0.2) is 0 Å². The zero-order chi connectivity index (χ0) is 14.0. The number of carbonyl (C=O) groups excluding carboxylic acids is 1. The summed E-state index contributed by atoms with van der Waals surface area (Å²) in [6.45, 7) is 0. The summed E-state index contributed by atoms with van der Waals surface area (Å²) in [6, 6.07) is 4.83. The van der Waals surface area contributed by atoms with Gasteiger partial charge in [-0.15, -0.1) is 0 Å². The van der Waals surface area contributed by atoms with Crippen molar-refractivity contribution < 1.29 is 24.7 Å². The van der Waals surface area contributed by atoms with Crippen LogP contribution in [0.4, 0.5) is 5.69 Å². The molecule has 19 heavy (non-hydrogen) atoms. The van der Waals surface area contributed by atoms with Crippen molar-refractivity contribution in [1.82, 2.24) is 0 Å². The molecular formula is C12H13NO6. The Bertz CT molecular complexity index is 499. The van der Waals surface area contributed by atoms with Crippen LogP contribution in [0.5, 0.6) is 0 Å². The van der Waals surface area contributed by atoms with E-state index in [0.29, 0.717) is 12.8 Å². The topological polar surface area (TPSA) is 110 Å². The molecule has 2 N–H and O–H groups in total. The molecule has 102 valence electrons. The fourth-order valence-corrected chi connectivity index (χ4v) is 2.00. The van der Waals surface area contributed by atoms with Crippen molar-refractivity contribution in [2.75, 3.05) is 0 Å². The standard InChI is InChI=1S/C12H13NO6/c14-10-2-1-7-12(10,16)19-11(15)8-3-5-9(6-4-8)13(17)18/h3-6,10,14,16H,1-2,7H2. The molecule has 1 aliphatic carbocycles. The average Bonchev–Trinajstić information content (AvgIpc) is 2.69. The molecule has 2 unspecified atom stereocenters. The third-order valence-electron chi connectivity index (χ3n) is 3.12. The number of aliphatic hydroxyl groups is 2. The lowest BCUT2D eigenvalue weighted by Gasteiger charge is -2.26. The fraction of sp³-hybridized carbons (Fsp3) is 0.417. The Morgan fingerprint density at radius 1 is 1.42 bits per heavy atom. The van der Waals surface area contributed by atoms with Crippen LogP contribution in [0.3, 0.4) is 0 Å². The molecule has 0 saturated heterocycles. The van der Waals surface area contributed by atoms with Crippen LogP contribution in [-0.4, -0.2) is 33.0 Å². The molecule has 0 bridgehead atoms. The van der Waals surface area contributed by atoms with Crippen molar-refractivity contribution in [3.05, 3.63) is 39.9 Å². The highest BCUT2D eigenvalue weighted by molar-refractivity contribution is 5.89. The molecule has 0 spiro atoms. The molecule has 1 saturated carbocycles. The lowest BCUT2D eigenvalue weighted by atomic mass is 10.2. The number of non-ortho nitro benzene ring substituents is 1. The molecular weight excluding hydrogens is 254 g/mol. The molecule has 0 amide bonds. The second kappa shape index (κ2) is 4.94. The van der Waals surface area contributed by atoms with Crippen LogP contribution in [0.25, 0.3) is 0 Å². The Balaban J connectivity index is 2.10. The zero-order valence-electron chi connectivity index (χ0n) is 9.98. The third kappa shape index (κ3) is 2.72. The Morgan fingerprint density at radius 3 is 2.53 bits per heavy atom. The van der Waals surface area contributed by atoms with Crippen LogP contribution in [-0.2, 0) is 4.74 Å². The van der Waals surface area contributed by atoms with Crippen LogP contribution in [0.1, 0.15) is 29.6 Å². The van der Waals surface area contributed by atoms with E-state index in [1.54, 1.807) is 0 Å². The molecule has 0 heterocycles. The Morgan fingerprint density at radius 2 is 2.05 bits per heavy atom. The van der Waals surface area contributed by atoms with Crippen LogP contribution in [0, 0.1) is 10.1 Å². The Labute approximate surface area is 108 Å². The maximum Gasteiger partial charge on any atom is 0.340 e. The van der Waals surface area contributed by atoms with Gasteiger partial charge >= 0.3 is 5.97 Å². The van der Waals surface area contributed by atoms with Crippen molar-refractivity contribution >= 4 is 11.7 Å². The summed E-state index contributed by atoms with van der Waals surface area (Å²) < 4.78 is 4.89. The highest BCUT2D eigenvalue weighted by atomic mass is 16.7. The number of hydrogen-bond acceptors (Lipinski definition) is 6. The summed E-state index contributed by atoms with van der Waals surface area (Å²) in [6.07, 6.45) is -0.00297. The smallest absolute Gasteiger partial charge is 0.340 e. The van der Waals surface area contributed by atoms with E-state index in [1.165, 1.54) is 24.3 Å². The van der Waals surface area contributed by atoms with Crippen molar-refractivity contribution in [1.29, 1.82) is 0 Å². The van der Waals surface area contributed by atoms with E-state index >= 15 is 0 Å². The first-order chi connectivity index (χ1) is 8.92. The largest absolute Gasteiger partial charge is 0.427 e. The van der Waals surface area contributed by atoms with Gasteiger partial charge in [-0.2, -0.15) is 0 Å². The van der Waals surface area contributed by atoms with Gasteiger partial charge in [0, 0.05) is 18.6 Å². The Hall–Kier alpha value is -1.99. The van der Waals surface area contributed by atoms with Gasteiger partial charge in [0.05, 0.1) is 10.5 Å². The minimum atomic E-state index is -1.86. The summed E-state index contributed by atoms with van der Waals surface area (Å²) in [5, 5.41) is 29.9. The lowest BCUT2D eigenvalue weighted by molar-refractivity contribution is -0.384. The van der Waals surface area contributed by atoms with Crippen LogP contribution < -0.4 is 0 Å². The number of rotatable bonds is 3. The van der Waals surface area contributed by atoms with Gasteiger partial charge in [-0.05, 0) is 25.0 Å². The Kier molecular flexibility index (Phi) is 3.50. The van der Waals surface area contributed by atoms with Gasteiger partial charge in [0.1, 0.15) is 6.10 Å². The number of carbonyl (C=O) groups is 1. The first-order valence-corrected chi connectivity index (χ1v) is 5.80. The minimum Gasteiger partial charge on any atom is -0.427 e. The molecule has 0 aromatic heterocycles. The van der Waals surface area contributed by atoms with Gasteiger partial charge in [0.2, 0.25) is 5.79 Å². The molecule has 7 nitrogen and oxygen atoms in total. The normalized spacial score (nSPS) is 26.1. The summed E-state index contributed by atoms with van der Waals surface area (Å²) in [5.41, 5.74) is -0.0608. The minimum absolute atomic E-state index is 0.0816. The summed E-state index contributed by atoms with van der Waals surface area (Å²) >= 11 is 0. The monoisotopic (exact) mass is 267 g/mol. The summed E-state index contributed by atoms with van der Waals surface area (Å²) in [7, 11) is 0. The number of ether oxygens (including phenoxy) is 1. The highest BCUT2D eigenvalue weighted by Crippen LogP contribution is 2.32. The molecule has 1 fully saturated rings. The molecule has 0 radical (unpaired) electrons. The van der Waals surface area contributed by atoms with Crippen LogP contribution >= 0.6 is 0 Å². The number of nitro groups is 1. The predicted molar refractivity (Wildman–Crippen MR) is 63.3 cm³/mol. The summed E-state index contributed by atoms with van der Waals surface area (Å²) in [5.74, 6) is -2.68. The lowest BCUT2D eigenvalue weighted by Crippen LogP contribution is -2.42. The van der Waals surface area contributed by atoms with Gasteiger partial charge in [0.25, 0.3) is 5.69 Å². The highest BCUT2D eigenvalue weighted by Gasteiger charge is 2.44. The number of esters is 1. The van der Waals surface area contributed by atoms with E-state index in [0.717, 1.165) is 0 Å².